The molecule has 8 rings (SSSR count). The number of para-hydroxylation sites is 2. The molecular weight excluding hydrogens is 573 g/mol. The summed E-state index contributed by atoms with van der Waals surface area (Å²) in [6.07, 6.45) is -4.70. The van der Waals surface area contributed by atoms with E-state index in [1.54, 1.807) is 6.07 Å². The summed E-state index contributed by atoms with van der Waals surface area (Å²) in [4.78, 5) is 54.9. The molecule has 10 heteroatoms. The number of rotatable bonds is 5. The zero-order valence-electron chi connectivity index (χ0n) is 22.9. The molecule has 0 unspecified atom stereocenters. The van der Waals surface area contributed by atoms with E-state index in [1.807, 2.05) is 48.5 Å². The van der Waals surface area contributed by atoms with Crippen LogP contribution in [0.25, 0.3) is 0 Å². The van der Waals surface area contributed by atoms with Gasteiger partial charge in [-0.1, -0.05) is 72.8 Å². The number of alkyl halides is 3. The molecule has 0 aromatic heterocycles. The van der Waals surface area contributed by atoms with Crippen LogP contribution in [-0.2, 0) is 25.3 Å². The Labute approximate surface area is 249 Å². The lowest BCUT2D eigenvalue weighted by Crippen LogP contribution is -2.41. The Bertz CT molecular complexity index is 1750. The summed E-state index contributed by atoms with van der Waals surface area (Å²) in [7, 11) is 0. The van der Waals surface area contributed by atoms with Crippen molar-refractivity contribution in [1.82, 2.24) is 0 Å². The summed E-state index contributed by atoms with van der Waals surface area (Å²) in [6, 6.07) is 26.0. The van der Waals surface area contributed by atoms with Gasteiger partial charge < -0.3 is 10.1 Å². The Balaban J connectivity index is 1.16. The fraction of sp³-hybridized carbons (Fsp3) is 0.176. The first-order valence-electron chi connectivity index (χ1n) is 13.9. The van der Waals surface area contributed by atoms with E-state index in [0.29, 0.717) is 0 Å². The number of anilines is 2. The number of halogens is 3. The van der Waals surface area contributed by atoms with E-state index < -0.39 is 59.6 Å². The number of carbonyl (C=O) groups is 4. The third-order valence-corrected chi connectivity index (χ3v) is 8.65. The largest absolute Gasteiger partial charge is 0.452 e. The molecule has 44 heavy (non-hydrogen) atoms. The molecule has 3 aliphatic carbocycles. The van der Waals surface area contributed by atoms with Gasteiger partial charge in [0.15, 0.2) is 6.61 Å². The Kier molecular flexibility index (Phi) is 6.38. The number of nitrogens with zero attached hydrogens (tertiary/aromatic N) is 1. The third-order valence-electron chi connectivity index (χ3n) is 8.65. The molecule has 3 amide bonds. The molecule has 0 saturated carbocycles. The lowest BCUT2D eigenvalue weighted by molar-refractivity contribution is -0.137. The normalized spacial score (nSPS) is 21.4. The maximum atomic E-state index is 14.1. The van der Waals surface area contributed by atoms with E-state index in [0.717, 1.165) is 39.3 Å². The van der Waals surface area contributed by atoms with E-state index >= 15 is 0 Å². The van der Waals surface area contributed by atoms with E-state index in [-0.39, 0.29) is 23.1 Å². The van der Waals surface area contributed by atoms with E-state index in [1.165, 1.54) is 30.3 Å². The highest BCUT2D eigenvalue weighted by Crippen LogP contribution is 2.61. The Morgan fingerprint density at radius 3 is 1.73 bits per heavy atom. The van der Waals surface area contributed by atoms with Gasteiger partial charge in [-0.25, -0.2) is 9.69 Å². The van der Waals surface area contributed by atoms with Gasteiger partial charge >= 0.3 is 12.1 Å². The quantitative estimate of drug-likeness (QED) is 0.229. The van der Waals surface area contributed by atoms with Crippen molar-refractivity contribution in [2.75, 3.05) is 16.8 Å². The van der Waals surface area contributed by atoms with Crippen LogP contribution in [0, 0.1) is 11.8 Å². The smallest absolute Gasteiger partial charge is 0.418 e. The minimum absolute atomic E-state index is 0.0252. The molecule has 1 N–H and O–H groups in total. The molecule has 4 aromatic rings. The van der Waals surface area contributed by atoms with Crippen molar-refractivity contribution in [3.8, 4) is 0 Å². The summed E-state index contributed by atoms with van der Waals surface area (Å²) >= 11 is 0. The van der Waals surface area contributed by atoms with Gasteiger partial charge in [-0.2, -0.15) is 13.2 Å². The van der Waals surface area contributed by atoms with Crippen LogP contribution in [0.4, 0.5) is 24.5 Å². The SMILES string of the molecule is O=C(COC(=O)c1ccccc1N1C(=O)[C@@H]2C3c4ccccc4C(c4ccccc43)[C@@H]2C1=O)Nc1ccccc1C(F)(F)F. The molecule has 1 aliphatic heterocycles. The monoisotopic (exact) mass is 596 g/mol. The van der Waals surface area contributed by atoms with E-state index in [4.69, 9.17) is 4.74 Å². The highest BCUT2D eigenvalue weighted by atomic mass is 19.4. The van der Waals surface area contributed by atoms with Crippen LogP contribution in [0.2, 0.25) is 0 Å². The average molecular weight is 597 g/mol. The number of ether oxygens (including phenoxy) is 1. The highest BCUT2D eigenvalue weighted by molar-refractivity contribution is 6.25. The predicted molar refractivity (Wildman–Crippen MR) is 153 cm³/mol. The van der Waals surface area contributed by atoms with E-state index in [2.05, 4.69) is 5.32 Å². The first-order valence-corrected chi connectivity index (χ1v) is 13.9. The van der Waals surface area contributed by atoms with Crippen LogP contribution in [0.3, 0.4) is 0 Å². The molecule has 1 heterocycles. The molecule has 1 saturated heterocycles. The van der Waals surface area contributed by atoms with Crippen molar-refractivity contribution < 1.29 is 37.1 Å². The standard InChI is InChI=1S/C34H23F3N2O5/c35-34(36,37)23-14-6-7-15-24(23)38-26(40)17-44-33(43)22-13-5-8-16-25(22)39-31(41)29-27-18-9-1-2-10-19(18)28(30(29)32(39)42)21-12-4-3-11-20(21)27/h1-16,27-30H,17H2,(H,38,40)/t27?,28?,29-,30+. The third kappa shape index (κ3) is 4.20. The average Bonchev–Trinajstić information content (AvgIpc) is 3.29. The van der Waals surface area contributed by atoms with Gasteiger partial charge in [0.2, 0.25) is 11.8 Å². The van der Waals surface area contributed by atoms with Crippen LogP contribution in [0.15, 0.2) is 97.1 Å². The van der Waals surface area contributed by atoms with Crippen LogP contribution >= 0.6 is 0 Å². The Morgan fingerprint density at radius 2 is 1.18 bits per heavy atom. The fourth-order valence-electron chi connectivity index (χ4n) is 6.99. The number of imide groups is 1. The highest BCUT2D eigenvalue weighted by Gasteiger charge is 2.62. The van der Waals surface area contributed by atoms with Gasteiger partial charge in [0, 0.05) is 11.8 Å². The second-order valence-corrected chi connectivity index (χ2v) is 11.0. The van der Waals surface area contributed by atoms with Gasteiger partial charge in [-0.3, -0.25) is 14.4 Å². The fourth-order valence-corrected chi connectivity index (χ4v) is 6.99. The number of esters is 1. The van der Waals surface area contributed by atoms with Gasteiger partial charge in [0.1, 0.15) is 0 Å². The molecular formula is C34H23F3N2O5. The van der Waals surface area contributed by atoms with Crippen molar-refractivity contribution in [1.29, 1.82) is 0 Å². The van der Waals surface area contributed by atoms with Crippen LogP contribution in [0.1, 0.15) is 50.0 Å². The Hall–Kier alpha value is -5.25. The summed E-state index contributed by atoms with van der Waals surface area (Å²) in [5.74, 6) is -4.85. The molecule has 7 nitrogen and oxygen atoms in total. The van der Waals surface area contributed by atoms with Crippen molar-refractivity contribution in [2.24, 2.45) is 11.8 Å². The molecule has 2 bridgehead atoms. The summed E-state index contributed by atoms with van der Waals surface area (Å²) in [5, 5.41) is 2.12. The van der Waals surface area contributed by atoms with Gasteiger partial charge in [0.05, 0.1) is 34.3 Å². The second-order valence-electron chi connectivity index (χ2n) is 11.0. The summed E-state index contributed by atoms with van der Waals surface area (Å²) < 4.78 is 45.1. The summed E-state index contributed by atoms with van der Waals surface area (Å²) in [5.41, 5.74) is 2.40. The number of amides is 3. The minimum Gasteiger partial charge on any atom is -0.452 e. The van der Waals surface area contributed by atoms with Crippen molar-refractivity contribution in [2.45, 2.75) is 18.0 Å². The number of hydrogen-bond acceptors (Lipinski definition) is 5. The zero-order valence-corrected chi connectivity index (χ0v) is 22.9. The van der Waals surface area contributed by atoms with Crippen molar-refractivity contribution in [3.63, 3.8) is 0 Å². The first kappa shape index (κ1) is 27.6. The topological polar surface area (TPSA) is 92.8 Å². The number of nitrogens with one attached hydrogen (secondary N) is 1. The number of benzene rings is 4. The maximum Gasteiger partial charge on any atom is 0.418 e. The molecule has 0 radical (unpaired) electrons. The van der Waals surface area contributed by atoms with Crippen LogP contribution < -0.4 is 10.2 Å². The lowest BCUT2D eigenvalue weighted by Gasteiger charge is -2.45. The van der Waals surface area contributed by atoms with Crippen molar-refractivity contribution >= 4 is 35.1 Å². The van der Waals surface area contributed by atoms with Crippen molar-refractivity contribution in [3.05, 3.63) is 130 Å². The lowest BCUT2D eigenvalue weighted by atomic mass is 9.55. The Morgan fingerprint density at radius 1 is 0.705 bits per heavy atom. The van der Waals surface area contributed by atoms with E-state index in [9.17, 15) is 32.3 Å². The molecule has 2 atom stereocenters. The molecule has 4 aromatic carbocycles. The molecule has 220 valence electrons. The first-order chi connectivity index (χ1) is 21.2. The van der Waals surface area contributed by atoms with Gasteiger partial charge in [-0.05, 0) is 46.5 Å². The number of carbonyl (C=O) groups excluding carboxylic acids is 4. The predicted octanol–water partition coefficient (Wildman–Crippen LogP) is 5.90. The molecule has 0 spiro atoms. The van der Waals surface area contributed by atoms with Gasteiger partial charge in [0.25, 0.3) is 5.91 Å². The van der Waals surface area contributed by atoms with Crippen LogP contribution in [0.5, 0.6) is 0 Å². The maximum absolute atomic E-state index is 14.1. The molecule has 1 fully saturated rings. The van der Waals surface area contributed by atoms with Gasteiger partial charge in [-0.15, -0.1) is 0 Å². The minimum atomic E-state index is -4.70. The number of hydrogen-bond donors (Lipinski definition) is 1. The molecule has 4 aliphatic rings. The second kappa shape index (κ2) is 10.2. The zero-order chi connectivity index (χ0) is 30.7. The summed E-state index contributed by atoms with van der Waals surface area (Å²) in [6.45, 7) is -0.888. The van der Waals surface area contributed by atoms with Crippen LogP contribution in [-0.4, -0.2) is 30.3 Å².